The molecule has 1 atom stereocenters. The molecule has 1 unspecified atom stereocenters. The fourth-order valence-corrected chi connectivity index (χ4v) is 1.13. The number of phenols is 1. The summed E-state index contributed by atoms with van der Waals surface area (Å²) in [6, 6.07) is 4.87. The van der Waals surface area contributed by atoms with Crippen LogP contribution in [0.2, 0.25) is 0 Å². The predicted octanol–water partition coefficient (Wildman–Crippen LogP) is 0.721. The maximum atomic E-state index is 10.3. The van der Waals surface area contributed by atoms with Gasteiger partial charge in [0.25, 0.3) is 0 Å². The summed E-state index contributed by atoms with van der Waals surface area (Å²) in [5, 5.41) is 12.0. The molecule has 4 heteroatoms. The number of phenolic OH excluding ortho intramolecular Hbond substituents is 1. The number of aldehydes is 1. The molecule has 1 aliphatic rings. The minimum absolute atomic E-state index is 0.0943. The summed E-state index contributed by atoms with van der Waals surface area (Å²) in [4.78, 5) is 10.3. The number of rotatable bonds is 1. The number of aromatic hydroxyl groups is 1. The monoisotopic (exact) mass is 165 g/mol. The van der Waals surface area contributed by atoms with Crippen LogP contribution in [0.1, 0.15) is 0 Å². The number of carbonyl (C=O) groups excluding carboxylic acids is 1. The summed E-state index contributed by atoms with van der Waals surface area (Å²) in [7, 11) is 0. The highest BCUT2D eigenvalue weighted by Gasteiger charge is 2.22. The topological polar surface area (TPSA) is 58.6 Å². The van der Waals surface area contributed by atoms with Crippen molar-refractivity contribution in [2.75, 3.05) is 5.32 Å². The highest BCUT2D eigenvalue weighted by molar-refractivity contribution is 5.75. The Morgan fingerprint density at radius 2 is 2.42 bits per heavy atom. The highest BCUT2D eigenvalue weighted by atomic mass is 16.5. The Morgan fingerprint density at radius 1 is 1.58 bits per heavy atom. The van der Waals surface area contributed by atoms with Crippen molar-refractivity contribution in [2.24, 2.45) is 0 Å². The third kappa shape index (κ3) is 0.887. The molecule has 4 nitrogen and oxygen atoms in total. The summed E-state index contributed by atoms with van der Waals surface area (Å²) < 4.78 is 5.10. The number of hydrogen-bond donors (Lipinski definition) is 2. The molecule has 0 saturated carbocycles. The molecular weight excluding hydrogens is 158 g/mol. The Kier molecular flexibility index (Phi) is 1.40. The van der Waals surface area contributed by atoms with Gasteiger partial charge in [-0.3, -0.25) is 4.79 Å². The number of nitrogens with one attached hydrogen (secondary N) is 1. The number of anilines is 1. The predicted molar refractivity (Wildman–Crippen MR) is 42.2 cm³/mol. The highest BCUT2D eigenvalue weighted by Crippen LogP contribution is 2.38. The Balaban J connectivity index is 2.41. The molecule has 2 N–H and O–H groups in total. The zero-order chi connectivity index (χ0) is 8.55. The van der Waals surface area contributed by atoms with E-state index in [4.69, 9.17) is 4.74 Å². The molecule has 12 heavy (non-hydrogen) atoms. The maximum Gasteiger partial charge on any atom is 0.226 e. The van der Waals surface area contributed by atoms with Crippen molar-refractivity contribution in [2.45, 2.75) is 6.23 Å². The summed E-state index contributed by atoms with van der Waals surface area (Å²) >= 11 is 0. The number of hydrogen-bond acceptors (Lipinski definition) is 4. The Labute approximate surface area is 68.8 Å². The minimum Gasteiger partial charge on any atom is -0.506 e. The minimum atomic E-state index is -0.673. The molecule has 1 aliphatic heterocycles. The van der Waals surface area contributed by atoms with Crippen LogP contribution in [0.3, 0.4) is 0 Å². The lowest BCUT2D eigenvalue weighted by Gasteiger charge is -1.99. The van der Waals surface area contributed by atoms with Crippen molar-refractivity contribution in [3.8, 4) is 11.5 Å². The SMILES string of the molecule is O=CC1Nc2c(O)cccc2O1. The van der Waals surface area contributed by atoms with Crippen molar-refractivity contribution < 1.29 is 14.6 Å². The quantitative estimate of drug-likeness (QED) is 0.475. The van der Waals surface area contributed by atoms with Crippen LogP contribution in [0.25, 0.3) is 0 Å². The third-order valence-electron chi connectivity index (χ3n) is 1.67. The molecule has 0 radical (unpaired) electrons. The van der Waals surface area contributed by atoms with Crippen LogP contribution >= 0.6 is 0 Å². The van der Waals surface area contributed by atoms with Crippen molar-refractivity contribution in [1.82, 2.24) is 0 Å². The van der Waals surface area contributed by atoms with Crippen molar-refractivity contribution in [3.05, 3.63) is 18.2 Å². The number of ether oxygens (including phenoxy) is 1. The van der Waals surface area contributed by atoms with Gasteiger partial charge in [-0.15, -0.1) is 0 Å². The van der Waals surface area contributed by atoms with E-state index in [1.165, 1.54) is 6.07 Å². The summed E-state index contributed by atoms with van der Waals surface area (Å²) in [5.74, 6) is 0.601. The van der Waals surface area contributed by atoms with E-state index in [1.807, 2.05) is 0 Å². The van der Waals surface area contributed by atoms with E-state index in [1.54, 1.807) is 12.1 Å². The molecule has 2 rings (SSSR count). The van der Waals surface area contributed by atoms with E-state index in [-0.39, 0.29) is 5.75 Å². The molecule has 0 amide bonds. The van der Waals surface area contributed by atoms with Gasteiger partial charge in [-0.1, -0.05) is 6.07 Å². The Bertz CT molecular complexity index is 324. The molecule has 0 saturated heterocycles. The smallest absolute Gasteiger partial charge is 0.226 e. The van der Waals surface area contributed by atoms with Gasteiger partial charge in [0.2, 0.25) is 6.23 Å². The first kappa shape index (κ1) is 6.97. The molecular formula is C8H7NO3. The van der Waals surface area contributed by atoms with Gasteiger partial charge in [-0.05, 0) is 12.1 Å². The Morgan fingerprint density at radius 3 is 3.08 bits per heavy atom. The molecule has 1 aromatic carbocycles. The van der Waals surface area contributed by atoms with E-state index in [2.05, 4.69) is 5.32 Å². The number of fused-ring (bicyclic) bond motifs is 1. The first-order valence-corrected chi connectivity index (χ1v) is 3.52. The number of para-hydroxylation sites is 1. The largest absolute Gasteiger partial charge is 0.506 e. The summed E-state index contributed by atoms with van der Waals surface area (Å²) in [6.45, 7) is 0. The lowest BCUT2D eigenvalue weighted by Crippen LogP contribution is -2.20. The van der Waals surface area contributed by atoms with E-state index in [0.29, 0.717) is 17.7 Å². The second-order valence-corrected chi connectivity index (χ2v) is 2.47. The van der Waals surface area contributed by atoms with Gasteiger partial charge in [0.05, 0.1) is 0 Å². The fraction of sp³-hybridized carbons (Fsp3) is 0.125. The standard InChI is InChI=1S/C8H7NO3/c10-4-7-9-8-5(11)2-1-3-6(8)12-7/h1-4,7,9,11H. The van der Waals surface area contributed by atoms with Gasteiger partial charge < -0.3 is 15.2 Å². The first-order valence-electron chi connectivity index (χ1n) is 3.52. The zero-order valence-electron chi connectivity index (χ0n) is 6.15. The Hall–Kier alpha value is -1.71. The second-order valence-electron chi connectivity index (χ2n) is 2.47. The lowest BCUT2D eigenvalue weighted by molar-refractivity contribution is -0.112. The molecule has 0 aliphatic carbocycles. The molecule has 0 spiro atoms. The molecule has 1 heterocycles. The second kappa shape index (κ2) is 2.41. The number of benzene rings is 1. The van der Waals surface area contributed by atoms with Gasteiger partial charge in [0.1, 0.15) is 17.2 Å². The fourth-order valence-electron chi connectivity index (χ4n) is 1.13. The molecule has 0 fully saturated rings. The van der Waals surface area contributed by atoms with E-state index >= 15 is 0 Å². The van der Waals surface area contributed by atoms with Gasteiger partial charge in [0, 0.05) is 0 Å². The van der Waals surface area contributed by atoms with E-state index in [9.17, 15) is 9.90 Å². The van der Waals surface area contributed by atoms with E-state index < -0.39 is 6.23 Å². The van der Waals surface area contributed by atoms with Crippen LogP contribution in [0.5, 0.6) is 11.5 Å². The van der Waals surface area contributed by atoms with Gasteiger partial charge in [0.15, 0.2) is 6.29 Å². The molecule has 0 bridgehead atoms. The van der Waals surface area contributed by atoms with Crippen LogP contribution < -0.4 is 10.1 Å². The van der Waals surface area contributed by atoms with Crippen molar-refractivity contribution >= 4 is 12.0 Å². The molecule has 1 aromatic rings. The van der Waals surface area contributed by atoms with Crippen molar-refractivity contribution in [3.63, 3.8) is 0 Å². The summed E-state index contributed by atoms with van der Waals surface area (Å²) in [6.07, 6.45) is -0.0345. The van der Waals surface area contributed by atoms with Gasteiger partial charge in [-0.25, -0.2) is 0 Å². The first-order chi connectivity index (χ1) is 5.81. The lowest BCUT2D eigenvalue weighted by atomic mass is 10.3. The average Bonchev–Trinajstić information content (AvgIpc) is 2.49. The van der Waals surface area contributed by atoms with Gasteiger partial charge in [-0.2, -0.15) is 0 Å². The van der Waals surface area contributed by atoms with Crippen LogP contribution in [0, 0.1) is 0 Å². The average molecular weight is 165 g/mol. The third-order valence-corrected chi connectivity index (χ3v) is 1.67. The van der Waals surface area contributed by atoms with Crippen molar-refractivity contribution in [1.29, 1.82) is 0 Å². The van der Waals surface area contributed by atoms with E-state index in [0.717, 1.165) is 0 Å². The molecule has 62 valence electrons. The summed E-state index contributed by atoms with van der Waals surface area (Å²) in [5.41, 5.74) is 0.481. The van der Waals surface area contributed by atoms with Crippen LogP contribution in [0.15, 0.2) is 18.2 Å². The van der Waals surface area contributed by atoms with Crippen LogP contribution in [-0.2, 0) is 4.79 Å². The van der Waals surface area contributed by atoms with Crippen LogP contribution in [-0.4, -0.2) is 17.6 Å². The molecule has 0 aromatic heterocycles. The number of carbonyl (C=O) groups is 1. The normalized spacial score (nSPS) is 19.2. The zero-order valence-corrected chi connectivity index (χ0v) is 6.15. The van der Waals surface area contributed by atoms with Gasteiger partial charge >= 0.3 is 0 Å². The maximum absolute atomic E-state index is 10.3. The van der Waals surface area contributed by atoms with Crippen LogP contribution in [0.4, 0.5) is 5.69 Å².